The molecule has 0 saturated carbocycles. The summed E-state index contributed by atoms with van der Waals surface area (Å²) in [7, 11) is 0. The molecule has 0 spiro atoms. The maximum atomic E-state index is 5.94. The number of hydrogen-bond donors (Lipinski definition) is 2. The van der Waals surface area contributed by atoms with Gasteiger partial charge in [-0.1, -0.05) is 30.0 Å². The van der Waals surface area contributed by atoms with Gasteiger partial charge in [-0.05, 0) is 30.5 Å². The van der Waals surface area contributed by atoms with Crippen molar-refractivity contribution in [2.24, 2.45) is 0 Å². The van der Waals surface area contributed by atoms with Crippen LogP contribution in [0.5, 0.6) is 0 Å². The van der Waals surface area contributed by atoms with Gasteiger partial charge in [0.2, 0.25) is 0 Å². The van der Waals surface area contributed by atoms with Crippen LogP contribution in [0, 0.1) is 6.92 Å². The quantitative estimate of drug-likeness (QED) is 0.735. The highest BCUT2D eigenvalue weighted by Crippen LogP contribution is 2.36. The molecule has 4 nitrogen and oxygen atoms in total. The third kappa shape index (κ3) is 3.58. The Labute approximate surface area is 137 Å². The summed E-state index contributed by atoms with van der Waals surface area (Å²) < 4.78 is 1.27. The average molecular weight is 328 g/mol. The van der Waals surface area contributed by atoms with E-state index in [1.54, 1.807) is 29.3 Å². The van der Waals surface area contributed by atoms with Gasteiger partial charge in [-0.15, -0.1) is 11.3 Å². The zero-order valence-corrected chi connectivity index (χ0v) is 13.7. The fourth-order valence-electron chi connectivity index (χ4n) is 1.97. The van der Waals surface area contributed by atoms with E-state index >= 15 is 0 Å². The molecule has 3 aromatic rings. The van der Waals surface area contributed by atoms with Gasteiger partial charge in [0.15, 0.2) is 0 Å². The van der Waals surface area contributed by atoms with Gasteiger partial charge in [-0.25, -0.2) is 9.97 Å². The predicted octanol–water partition coefficient (Wildman–Crippen LogP) is 4.19. The first-order valence-corrected chi connectivity index (χ1v) is 8.54. The Morgan fingerprint density at radius 2 is 2.09 bits per heavy atom. The minimum absolute atomic E-state index is 0.531. The number of nitrogen functional groups attached to an aromatic ring is 1. The number of nitrogens with two attached hydrogens (primary N) is 1. The molecule has 0 radical (unpaired) electrons. The SMILES string of the molecule is Cc1ncc(CNc2ccccc2Sc2cccs2)c(N)n1. The van der Waals surface area contributed by atoms with Crippen LogP contribution >= 0.6 is 23.1 Å². The fourth-order valence-corrected chi connectivity index (χ4v) is 3.81. The topological polar surface area (TPSA) is 63.8 Å². The van der Waals surface area contributed by atoms with E-state index in [1.165, 1.54) is 9.10 Å². The number of nitrogens with zero attached hydrogens (tertiary/aromatic N) is 2. The molecular formula is C16H16N4S2. The molecule has 0 saturated heterocycles. The molecule has 0 aliphatic rings. The van der Waals surface area contributed by atoms with Crippen molar-refractivity contribution in [3.05, 3.63) is 59.4 Å². The second-order valence-corrected chi connectivity index (χ2v) is 7.00. The molecule has 1 aromatic carbocycles. The highest BCUT2D eigenvalue weighted by molar-refractivity contribution is 8.01. The number of nitrogens with one attached hydrogen (secondary N) is 1. The molecule has 0 aliphatic carbocycles. The normalized spacial score (nSPS) is 10.6. The van der Waals surface area contributed by atoms with Gasteiger partial charge in [0.25, 0.3) is 0 Å². The Balaban J connectivity index is 1.75. The van der Waals surface area contributed by atoms with Gasteiger partial charge in [-0.2, -0.15) is 0 Å². The van der Waals surface area contributed by atoms with E-state index in [2.05, 4.69) is 44.9 Å². The maximum absolute atomic E-state index is 5.94. The zero-order valence-electron chi connectivity index (χ0n) is 12.1. The van der Waals surface area contributed by atoms with Crippen LogP contribution in [0.25, 0.3) is 0 Å². The number of hydrogen-bond acceptors (Lipinski definition) is 6. The zero-order chi connectivity index (χ0) is 15.4. The first-order chi connectivity index (χ1) is 10.7. The summed E-state index contributed by atoms with van der Waals surface area (Å²) >= 11 is 3.50. The van der Waals surface area contributed by atoms with Crippen molar-refractivity contribution in [2.45, 2.75) is 22.6 Å². The Morgan fingerprint density at radius 1 is 1.23 bits per heavy atom. The molecule has 0 bridgehead atoms. The van der Waals surface area contributed by atoms with Crippen LogP contribution in [0.3, 0.4) is 0 Å². The fraction of sp³-hybridized carbons (Fsp3) is 0.125. The van der Waals surface area contributed by atoms with E-state index in [0.29, 0.717) is 18.2 Å². The van der Waals surface area contributed by atoms with Crippen LogP contribution in [0.2, 0.25) is 0 Å². The van der Waals surface area contributed by atoms with E-state index in [9.17, 15) is 0 Å². The molecule has 0 unspecified atom stereocenters. The summed E-state index contributed by atoms with van der Waals surface area (Å²) in [6.45, 7) is 2.44. The van der Waals surface area contributed by atoms with Gasteiger partial charge in [0.1, 0.15) is 11.6 Å². The molecule has 112 valence electrons. The van der Waals surface area contributed by atoms with Crippen molar-refractivity contribution in [3.63, 3.8) is 0 Å². The summed E-state index contributed by atoms with van der Waals surface area (Å²) in [6, 6.07) is 12.4. The average Bonchev–Trinajstić information content (AvgIpc) is 3.01. The monoisotopic (exact) mass is 328 g/mol. The van der Waals surface area contributed by atoms with E-state index < -0.39 is 0 Å². The molecule has 0 aliphatic heterocycles. The highest BCUT2D eigenvalue weighted by Gasteiger charge is 2.06. The number of benzene rings is 1. The Hall–Kier alpha value is -2.05. The summed E-state index contributed by atoms with van der Waals surface area (Å²) in [4.78, 5) is 9.58. The van der Waals surface area contributed by atoms with Crippen LogP contribution in [0.4, 0.5) is 11.5 Å². The molecule has 6 heteroatoms. The minimum atomic E-state index is 0.531. The van der Waals surface area contributed by atoms with Crippen LogP contribution < -0.4 is 11.1 Å². The Morgan fingerprint density at radius 3 is 2.86 bits per heavy atom. The third-order valence-electron chi connectivity index (χ3n) is 3.08. The van der Waals surface area contributed by atoms with Gasteiger partial charge >= 0.3 is 0 Å². The van der Waals surface area contributed by atoms with E-state index in [-0.39, 0.29) is 0 Å². The first-order valence-electron chi connectivity index (χ1n) is 6.84. The van der Waals surface area contributed by atoms with Gasteiger partial charge in [0, 0.05) is 28.9 Å². The van der Waals surface area contributed by atoms with Crippen molar-refractivity contribution in [1.29, 1.82) is 0 Å². The lowest BCUT2D eigenvalue weighted by molar-refractivity contribution is 1.00. The number of thiophene rings is 1. The Bertz CT molecular complexity index is 757. The molecule has 3 N–H and O–H groups in total. The van der Waals surface area contributed by atoms with Crippen LogP contribution in [0.15, 0.2) is 57.1 Å². The van der Waals surface area contributed by atoms with Crippen LogP contribution in [-0.4, -0.2) is 9.97 Å². The third-order valence-corrected chi connectivity index (χ3v) is 5.19. The van der Waals surface area contributed by atoms with Gasteiger partial charge in [-0.3, -0.25) is 0 Å². The minimum Gasteiger partial charge on any atom is -0.383 e. The molecule has 3 rings (SSSR count). The van der Waals surface area contributed by atoms with Crippen molar-refractivity contribution in [2.75, 3.05) is 11.1 Å². The molecule has 2 heterocycles. The summed E-state index contributed by atoms with van der Waals surface area (Å²) in [5.74, 6) is 1.22. The van der Waals surface area contributed by atoms with Crippen molar-refractivity contribution >= 4 is 34.6 Å². The van der Waals surface area contributed by atoms with Crippen molar-refractivity contribution < 1.29 is 0 Å². The Kier molecular flexibility index (Phi) is 4.60. The second kappa shape index (κ2) is 6.81. The molecule has 22 heavy (non-hydrogen) atoms. The lowest BCUT2D eigenvalue weighted by atomic mass is 10.2. The summed E-state index contributed by atoms with van der Waals surface area (Å²) in [6.07, 6.45) is 1.78. The molecule has 0 fully saturated rings. The van der Waals surface area contributed by atoms with Crippen molar-refractivity contribution in [1.82, 2.24) is 9.97 Å². The van der Waals surface area contributed by atoms with E-state index in [1.807, 2.05) is 19.1 Å². The summed E-state index contributed by atoms with van der Waals surface area (Å²) in [5, 5.41) is 5.51. The van der Waals surface area contributed by atoms with Crippen molar-refractivity contribution in [3.8, 4) is 0 Å². The van der Waals surface area contributed by atoms with Crippen LogP contribution in [0.1, 0.15) is 11.4 Å². The van der Waals surface area contributed by atoms with E-state index in [4.69, 9.17) is 5.73 Å². The first kappa shape index (κ1) is 14.9. The molecule has 0 amide bonds. The van der Waals surface area contributed by atoms with Gasteiger partial charge < -0.3 is 11.1 Å². The number of para-hydroxylation sites is 1. The molecule has 0 atom stereocenters. The number of rotatable bonds is 5. The van der Waals surface area contributed by atoms with Crippen LogP contribution in [-0.2, 0) is 6.54 Å². The smallest absolute Gasteiger partial charge is 0.132 e. The van der Waals surface area contributed by atoms with Gasteiger partial charge in [0.05, 0.1) is 4.21 Å². The highest BCUT2D eigenvalue weighted by atomic mass is 32.2. The number of aromatic nitrogens is 2. The number of aryl methyl sites for hydroxylation is 1. The number of anilines is 2. The predicted molar refractivity (Wildman–Crippen MR) is 93.4 cm³/mol. The lowest BCUT2D eigenvalue weighted by Gasteiger charge is -2.12. The van der Waals surface area contributed by atoms with E-state index in [0.717, 1.165) is 11.3 Å². The second-order valence-electron chi connectivity index (χ2n) is 4.71. The standard InChI is InChI=1S/C16H16N4S2/c1-11-18-9-12(16(17)20-11)10-19-13-5-2-3-6-14(13)22-15-7-4-8-21-15/h2-9,19H,10H2,1H3,(H2,17,18,20). The lowest BCUT2D eigenvalue weighted by Crippen LogP contribution is -2.07. The molecule has 2 aromatic heterocycles. The largest absolute Gasteiger partial charge is 0.383 e. The summed E-state index contributed by atoms with van der Waals surface area (Å²) in [5.41, 5.74) is 7.93. The maximum Gasteiger partial charge on any atom is 0.132 e. The molecular weight excluding hydrogens is 312 g/mol.